The number of benzene rings is 1. The molecule has 5 heteroatoms. The second kappa shape index (κ2) is 4.04. The van der Waals surface area contributed by atoms with Crippen molar-refractivity contribution in [3.8, 4) is 17.1 Å². The molecule has 0 atom stereocenters. The van der Waals surface area contributed by atoms with E-state index in [1.807, 2.05) is 4.68 Å². The largest absolute Gasteiger partial charge is 0.496 e. The van der Waals surface area contributed by atoms with Gasteiger partial charge in [0.15, 0.2) is 5.82 Å². The summed E-state index contributed by atoms with van der Waals surface area (Å²) in [6.45, 7) is 0. The van der Waals surface area contributed by atoms with Gasteiger partial charge in [0.1, 0.15) is 12.1 Å². The first-order valence-corrected chi connectivity index (χ1v) is 5.82. The first-order chi connectivity index (χ1) is 8.28. The molecule has 17 heavy (non-hydrogen) atoms. The molecule has 1 saturated carbocycles. The van der Waals surface area contributed by atoms with Crippen LogP contribution in [0.5, 0.6) is 5.75 Å². The third-order valence-corrected chi connectivity index (χ3v) is 2.96. The Bertz CT molecular complexity index is 548. The molecule has 3 rings (SSSR count). The average molecular weight is 249 g/mol. The highest BCUT2D eigenvalue weighted by Crippen LogP contribution is 2.35. The van der Waals surface area contributed by atoms with Crippen molar-refractivity contribution >= 4 is 11.6 Å². The molecular formula is C12H11ClN3O. The molecule has 1 radical (unpaired) electrons. The molecule has 0 bridgehead atoms. The molecular weight excluding hydrogens is 238 g/mol. The van der Waals surface area contributed by atoms with E-state index in [0.29, 0.717) is 22.6 Å². The lowest BCUT2D eigenvalue weighted by molar-refractivity contribution is 0.416. The molecule has 0 N–H and O–H groups in total. The van der Waals surface area contributed by atoms with Crippen LogP contribution < -0.4 is 4.74 Å². The van der Waals surface area contributed by atoms with Gasteiger partial charge in [0, 0.05) is 5.02 Å². The minimum Gasteiger partial charge on any atom is -0.496 e. The van der Waals surface area contributed by atoms with E-state index in [2.05, 4.69) is 16.1 Å². The van der Waals surface area contributed by atoms with Crippen LogP contribution in [0.4, 0.5) is 0 Å². The van der Waals surface area contributed by atoms with Crippen molar-refractivity contribution < 1.29 is 4.74 Å². The highest BCUT2D eigenvalue weighted by Gasteiger charge is 2.25. The topological polar surface area (TPSA) is 39.9 Å². The summed E-state index contributed by atoms with van der Waals surface area (Å²) in [6.07, 6.45) is 4.13. The van der Waals surface area contributed by atoms with Crippen molar-refractivity contribution in [3.05, 3.63) is 29.5 Å². The fourth-order valence-electron chi connectivity index (χ4n) is 1.69. The molecule has 2 aromatic rings. The molecule has 1 fully saturated rings. The van der Waals surface area contributed by atoms with Crippen molar-refractivity contribution in [3.63, 3.8) is 0 Å². The van der Waals surface area contributed by atoms with Crippen LogP contribution in [0, 0.1) is 6.07 Å². The molecule has 0 saturated heterocycles. The molecule has 0 spiro atoms. The summed E-state index contributed by atoms with van der Waals surface area (Å²) in [5, 5.41) is 5.02. The van der Waals surface area contributed by atoms with E-state index in [4.69, 9.17) is 16.3 Å². The van der Waals surface area contributed by atoms with Crippen LogP contribution >= 0.6 is 11.6 Å². The fourth-order valence-corrected chi connectivity index (χ4v) is 1.85. The van der Waals surface area contributed by atoms with Gasteiger partial charge in [-0.1, -0.05) is 11.6 Å². The SMILES string of the molecule is COc1cc(Cl)c[c]c1-c1ncn(C2CC2)n1. The lowest BCUT2D eigenvalue weighted by Crippen LogP contribution is -1.95. The third kappa shape index (κ3) is 2.00. The Labute approximate surface area is 104 Å². The van der Waals surface area contributed by atoms with Gasteiger partial charge in [0.2, 0.25) is 0 Å². The zero-order valence-electron chi connectivity index (χ0n) is 9.35. The Kier molecular flexibility index (Phi) is 2.52. The number of halogens is 1. The number of rotatable bonds is 3. The van der Waals surface area contributed by atoms with Crippen molar-refractivity contribution in [1.82, 2.24) is 14.8 Å². The number of ether oxygens (including phenoxy) is 1. The highest BCUT2D eigenvalue weighted by atomic mass is 35.5. The molecule has 1 aromatic carbocycles. The maximum absolute atomic E-state index is 5.89. The van der Waals surface area contributed by atoms with E-state index in [0.717, 1.165) is 5.56 Å². The Balaban J connectivity index is 2.01. The lowest BCUT2D eigenvalue weighted by Gasteiger charge is -2.04. The monoisotopic (exact) mass is 248 g/mol. The van der Waals surface area contributed by atoms with E-state index < -0.39 is 0 Å². The zero-order chi connectivity index (χ0) is 11.8. The normalized spacial score (nSPS) is 14.9. The summed E-state index contributed by atoms with van der Waals surface area (Å²) in [4.78, 5) is 4.28. The summed E-state index contributed by atoms with van der Waals surface area (Å²) >= 11 is 5.89. The fraction of sp³-hybridized carbons (Fsp3) is 0.333. The predicted molar refractivity (Wildman–Crippen MR) is 64.1 cm³/mol. The van der Waals surface area contributed by atoms with Gasteiger partial charge in [-0.05, 0) is 31.0 Å². The smallest absolute Gasteiger partial charge is 0.185 e. The van der Waals surface area contributed by atoms with Gasteiger partial charge in [0.25, 0.3) is 0 Å². The first-order valence-electron chi connectivity index (χ1n) is 5.44. The zero-order valence-corrected chi connectivity index (χ0v) is 10.1. The van der Waals surface area contributed by atoms with E-state index >= 15 is 0 Å². The number of nitrogens with zero attached hydrogens (tertiary/aromatic N) is 3. The van der Waals surface area contributed by atoms with E-state index in [9.17, 15) is 0 Å². The lowest BCUT2D eigenvalue weighted by atomic mass is 10.2. The van der Waals surface area contributed by atoms with Gasteiger partial charge in [-0.25, -0.2) is 9.67 Å². The van der Waals surface area contributed by atoms with Crippen molar-refractivity contribution in [2.45, 2.75) is 18.9 Å². The van der Waals surface area contributed by atoms with Gasteiger partial charge >= 0.3 is 0 Å². The highest BCUT2D eigenvalue weighted by molar-refractivity contribution is 6.30. The van der Waals surface area contributed by atoms with Crippen LogP contribution in [0.15, 0.2) is 18.5 Å². The Morgan fingerprint density at radius 3 is 3.06 bits per heavy atom. The Hall–Kier alpha value is -1.55. The molecule has 1 aromatic heterocycles. The second-order valence-electron chi connectivity index (χ2n) is 4.04. The number of aromatic nitrogens is 3. The predicted octanol–water partition coefficient (Wildman–Crippen LogP) is 2.74. The van der Waals surface area contributed by atoms with E-state index in [1.54, 1.807) is 25.6 Å². The maximum atomic E-state index is 5.89. The summed E-state index contributed by atoms with van der Waals surface area (Å²) in [5.74, 6) is 1.27. The first kappa shape index (κ1) is 10.6. The van der Waals surface area contributed by atoms with Gasteiger partial charge in [0.05, 0.1) is 18.7 Å². The van der Waals surface area contributed by atoms with Gasteiger partial charge in [-0.2, -0.15) is 5.10 Å². The molecule has 1 aliphatic rings. The van der Waals surface area contributed by atoms with Crippen LogP contribution in [0.1, 0.15) is 18.9 Å². The number of hydrogen-bond donors (Lipinski definition) is 0. The summed E-state index contributed by atoms with van der Waals surface area (Å²) in [6, 6.07) is 7.01. The molecule has 0 aliphatic heterocycles. The molecule has 1 aliphatic carbocycles. The van der Waals surface area contributed by atoms with Gasteiger partial charge in [-0.3, -0.25) is 0 Å². The maximum Gasteiger partial charge on any atom is 0.185 e. The summed E-state index contributed by atoms with van der Waals surface area (Å²) in [7, 11) is 1.60. The minimum atomic E-state index is 0.523. The van der Waals surface area contributed by atoms with Crippen molar-refractivity contribution in [2.75, 3.05) is 7.11 Å². The van der Waals surface area contributed by atoms with E-state index in [1.165, 1.54) is 12.8 Å². The third-order valence-electron chi connectivity index (χ3n) is 2.74. The van der Waals surface area contributed by atoms with E-state index in [-0.39, 0.29) is 0 Å². The molecule has 87 valence electrons. The molecule has 1 heterocycles. The van der Waals surface area contributed by atoms with Crippen molar-refractivity contribution in [2.24, 2.45) is 0 Å². The Morgan fingerprint density at radius 1 is 1.53 bits per heavy atom. The van der Waals surface area contributed by atoms with Gasteiger partial charge in [-0.15, -0.1) is 0 Å². The Morgan fingerprint density at radius 2 is 2.35 bits per heavy atom. The van der Waals surface area contributed by atoms with Crippen LogP contribution in [0.2, 0.25) is 5.02 Å². The van der Waals surface area contributed by atoms with Crippen molar-refractivity contribution in [1.29, 1.82) is 0 Å². The molecule has 4 nitrogen and oxygen atoms in total. The van der Waals surface area contributed by atoms with Crippen LogP contribution in [0.3, 0.4) is 0 Å². The summed E-state index contributed by atoms with van der Waals surface area (Å²) < 4.78 is 7.16. The van der Waals surface area contributed by atoms with Crippen LogP contribution in [-0.4, -0.2) is 21.9 Å². The molecule has 0 unspecified atom stereocenters. The van der Waals surface area contributed by atoms with Crippen LogP contribution in [-0.2, 0) is 0 Å². The molecule has 0 amide bonds. The van der Waals surface area contributed by atoms with Gasteiger partial charge < -0.3 is 4.74 Å². The summed E-state index contributed by atoms with van der Waals surface area (Å²) in [5.41, 5.74) is 0.747. The minimum absolute atomic E-state index is 0.523. The number of hydrogen-bond acceptors (Lipinski definition) is 3. The second-order valence-corrected chi connectivity index (χ2v) is 4.48. The average Bonchev–Trinajstić information content (AvgIpc) is 3.08. The quantitative estimate of drug-likeness (QED) is 0.839. The standard InChI is InChI=1S/C12H11ClN3O/c1-17-11-6-8(13)2-5-10(11)12-14-7-16(15-12)9-3-4-9/h2,6-7,9H,3-4H2,1H3. The van der Waals surface area contributed by atoms with Crippen LogP contribution in [0.25, 0.3) is 11.4 Å². The number of methoxy groups -OCH3 is 1.